The third-order valence-corrected chi connectivity index (χ3v) is 15.4. The largest absolute Gasteiger partial charge is 1.00 e. The van der Waals surface area contributed by atoms with Gasteiger partial charge in [-0.05, 0) is 161 Å². The maximum Gasteiger partial charge on any atom is 1.00 e. The first-order valence-electron chi connectivity index (χ1n) is 30.0. The van der Waals surface area contributed by atoms with Crippen molar-refractivity contribution in [3.63, 3.8) is 0 Å². The van der Waals surface area contributed by atoms with Gasteiger partial charge in [-0.2, -0.15) is 0 Å². The Balaban J connectivity index is 0.000000250. The summed E-state index contributed by atoms with van der Waals surface area (Å²) in [6.45, 7) is 16.4. The summed E-state index contributed by atoms with van der Waals surface area (Å²) in [4.78, 5) is 65.2. The second-order valence-electron chi connectivity index (χ2n) is 24.6. The van der Waals surface area contributed by atoms with Gasteiger partial charge in [-0.1, -0.05) is 168 Å². The summed E-state index contributed by atoms with van der Waals surface area (Å²) in [6, 6.07) is 55.1. The molecule has 4 amide bonds. The monoisotopic (exact) mass is 1450 g/mol. The van der Waals surface area contributed by atoms with Crippen LogP contribution in [0.4, 0.5) is 32.3 Å². The molecule has 0 saturated heterocycles. The molecule has 1 unspecified atom stereocenters. The van der Waals surface area contributed by atoms with Gasteiger partial charge in [0.1, 0.15) is 35.3 Å². The molecule has 10 rings (SSSR count). The zero-order chi connectivity index (χ0) is 68.5. The number of carbonyl (C=O) groups excluding carboxylic acids is 4. The van der Waals surface area contributed by atoms with Crippen LogP contribution in [-0.4, -0.2) is 79.0 Å². The number of rotatable bonds is 13. The number of hydrogen-bond acceptors (Lipinski definition) is 11. The molecule has 95 heavy (non-hydrogen) atoms. The third-order valence-electron chi connectivity index (χ3n) is 13.6. The van der Waals surface area contributed by atoms with Crippen LogP contribution in [0.25, 0.3) is 0 Å². The summed E-state index contributed by atoms with van der Waals surface area (Å²) in [7, 11) is 3.23. The second-order valence-corrected chi connectivity index (χ2v) is 26.9. The number of ether oxygens (including phenoxy) is 4. The van der Waals surface area contributed by atoms with Gasteiger partial charge in [-0.25, -0.2) is 9.59 Å². The quantitative estimate of drug-likeness (QED) is 0.0838. The standard InChI is InChI=1S/C35H33Cl2N3O4.C28H28ClN3O4.C7H6BrCl.C4H9O.K/c1-35(2,3)44-34(42)38-26-14-11-23(12-15-26)32-28-20-25(36)13-18-31(28)40(21-22-9-16-27(43-4)17-10-22)33(41)30(39-32)19-24-7-5-6-8-29(24)37;1-28(2,3)36-27(34)31-21-10-7-19(8-11-21)26-23-15-20(29)9-14-24(23)32(25(33)16-30-26)17-18-5-12-22(35-4)13-6-18;8-5-6-3-1-2-4-7(6)9;1-4(2,3)5;/h5-18,20,30H,19,21H2,1-4H3,(H,38,42);5-15H,16-17H2,1-4H3,(H,31,34);1-4H,5H2;1-3H3;/q;;;-1;+1. The zero-order valence-electron chi connectivity index (χ0n) is 55.3. The van der Waals surface area contributed by atoms with E-state index in [0.29, 0.717) is 68.6 Å². The van der Waals surface area contributed by atoms with Crippen molar-refractivity contribution in [2.45, 2.75) is 110 Å². The Kier molecular flexibility index (Phi) is 29.0. The van der Waals surface area contributed by atoms with Crippen LogP contribution in [0.15, 0.2) is 192 Å². The van der Waals surface area contributed by atoms with Crippen molar-refractivity contribution in [3.8, 4) is 11.5 Å². The van der Waals surface area contributed by atoms with Crippen molar-refractivity contribution in [1.29, 1.82) is 0 Å². The number of fused-ring (bicyclic) bond motifs is 2. The normalized spacial score (nSPS) is 13.5. The summed E-state index contributed by atoms with van der Waals surface area (Å²) in [5.41, 5.74) is 8.75. The molecule has 0 spiro atoms. The van der Waals surface area contributed by atoms with Crippen molar-refractivity contribution in [2.24, 2.45) is 9.98 Å². The first-order valence-corrected chi connectivity index (χ1v) is 32.6. The molecule has 492 valence electrons. The smallest absolute Gasteiger partial charge is 0.850 e. The minimum Gasteiger partial charge on any atom is -0.850 e. The number of anilines is 4. The fourth-order valence-corrected chi connectivity index (χ4v) is 10.8. The number of alkyl halides is 1. The molecule has 21 heteroatoms. The number of methoxy groups -OCH3 is 2. The molecule has 2 aliphatic rings. The van der Waals surface area contributed by atoms with E-state index in [1.807, 2.05) is 166 Å². The minimum atomic E-state index is -0.770. The molecule has 15 nitrogen and oxygen atoms in total. The number of hydrogen-bond donors (Lipinski definition) is 2. The Bertz CT molecular complexity index is 3980. The van der Waals surface area contributed by atoms with Gasteiger partial charge in [-0.3, -0.25) is 30.2 Å². The van der Waals surface area contributed by atoms with Crippen LogP contribution in [0.3, 0.4) is 0 Å². The molecule has 2 aliphatic heterocycles. The summed E-state index contributed by atoms with van der Waals surface area (Å²) >= 11 is 28.6. The van der Waals surface area contributed by atoms with Crippen LogP contribution in [0.1, 0.15) is 107 Å². The molecule has 0 saturated carbocycles. The van der Waals surface area contributed by atoms with Gasteiger partial charge in [0.05, 0.1) is 50.1 Å². The first kappa shape index (κ1) is 77.4. The molecule has 0 bridgehead atoms. The van der Waals surface area contributed by atoms with Gasteiger partial charge in [0.25, 0.3) is 5.91 Å². The van der Waals surface area contributed by atoms with E-state index >= 15 is 0 Å². The summed E-state index contributed by atoms with van der Waals surface area (Å²) in [6.07, 6.45) is -0.770. The zero-order valence-corrected chi connectivity index (χ0v) is 63.0. The number of benzene rings is 8. The van der Waals surface area contributed by atoms with Crippen LogP contribution in [0.2, 0.25) is 20.1 Å². The van der Waals surface area contributed by atoms with Gasteiger partial charge in [0.15, 0.2) is 0 Å². The van der Waals surface area contributed by atoms with E-state index in [9.17, 15) is 24.3 Å². The van der Waals surface area contributed by atoms with Crippen LogP contribution >= 0.6 is 62.3 Å². The average molecular weight is 1450 g/mol. The van der Waals surface area contributed by atoms with Gasteiger partial charge in [0, 0.05) is 65.5 Å². The molecule has 8 aromatic rings. The minimum absolute atomic E-state index is 0. The maximum absolute atomic E-state index is 14.4. The van der Waals surface area contributed by atoms with Crippen molar-refractivity contribution < 1.29 is 94.6 Å². The predicted molar refractivity (Wildman–Crippen MR) is 383 cm³/mol. The van der Waals surface area contributed by atoms with Crippen molar-refractivity contribution in [1.82, 2.24) is 0 Å². The van der Waals surface area contributed by atoms with Crippen molar-refractivity contribution >= 4 is 121 Å². The Hall–Kier alpha value is -6.58. The molecule has 8 aromatic carbocycles. The molecule has 0 aliphatic carbocycles. The predicted octanol–water partition coefficient (Wildman–Crippen LogP) is 14.8. The molecule has 0 radical (unpaired) electrons. The molecular formula is C74H76BrCl4KN6O9. The van der Waals surface area contributed by atoms with E-state index in [-0.39, 0.29) is 69.7 Å². The molecule has 2 N–H and O–H groups in total. The van der Waals surface area contributed by atoms with Crippen LogP contribution in [-0.2, 0) is 43.9 Å². The number of halogens is 5. The van der Waals surface area contributed by atoms with Gasteiger partial charge < -0.3 is 33.9 Å². The number of benzodiazepines with no additional fused rings is 2. The number of nitrogens with one attached hydrogen (secondary N) is 2. The Morgan fingerprint density at radius 3 is 1.37 bits per heavy atom. The van der Waals surface area contributed by atoms with E-state index in [0.717, 1.165) is 66.5 Å². The summed E-state index contributed by atoms with van der Waals surface area (Å²) < 4.78 is 21.3. The second kappa shape index (κ2) is 35.6. The summed E-state index contributed by atoms with van der Waals surface area (Å²) in [5.74, 6) is 1.20. The number of aliphatic imine (C=N–C) groups is 2. The fourth-order valence-electron chi connectivity index (χ4n) is 9.42. The number of nitrogens with zero attached hydrogens (tertiary/aromatic N) is 4. The van der Waals surface area contributed by atoms with Crippen LogP contribution in [0.5, 0.6) is 11.5 Å². The fraction of sp³-hybridized carbons (Fsp3) is 0.270. The van der Waals surface area contributed by atoms with E-state index in [1.165, 1.54) is 0 Å². The van der Waals surface area contributed by atoms with Gasteiger partial charge >= 0.3 is 63.6 Å². The molecule has 0 fully saturated rings. The maximum atomic E-state index is 14.4. The van der Waals surface area contributed by atoms with Gasteiger partial charge in [-0.15, -0.1) is 5.60 Å². The molecule has 0 aromatic heterocycles. The molecular weight excluding hydrogens is 1380 g/mol. The van der Waals surface area contributed by atoms with Crippen molar-refractivity contribution in [3.05, 3.63) is 247 Å². The Morgan fingerprint density at radius 2 is 0.958 bits per heavy atom. The molecule has 2 heterocycles. The first-order chi connectivity index (χ1) is 44.5. The molecule has 1 atom stereocenters. The Morgan fingerprint density at radius 1 is 0.558 bits per heavy atom. The summed E-state index contributed by atoms with van der Waals surface area (Å²) in [5, 5.41) is 18.9. The van der Waals surface area contributed by atoms with E-state index in [1.54, 1.807) is 102 Å². The van der Waals surface area contributed by atoms with E-state index in [2.05, 4.69) is 31.6 Å². The van der Waals surface area contributed by atoms with Crippen molar-refractivity contribution in [2.75, 3.05) is 41.2 Å². The van der Waals surface area contributed by atoms with E-state index in [4.69, 9.17) is 70.3 Å². The topological polar surface area (TPSA) is 184 Å². The SMILES string of the molecule is CC(C)(C)[O-].COc1ccc(CN2C(=O)C(Cc3ccccc3Cl)N=C(c3ccc(NC(=O)OC(C)(C)C)cc3)c3cc(Cl)ccc32)cc1.COc1ccc(CN2C(=O)CN=C(c3ccc(NC(=O)OC(C)(C)C)cc3)c3cc(Cl)ccc32)cc1.Clc1ccccc1CBr.[K+]. The Labute approximate surface area is 628 Å². The number of amides is 4. The number of carbonyl (C=O) groups is 4. The van der Waals surface area contributed by atoms with Crippen LogP contribution in [0, 0.1) is 0 Å². The van der Waals surface area contributed by atoms with E-state index < -0.39 is 35.0 Å². The third kappa shape index (κ3) is 24.2. The average Bonchev–Trinajstić information content (AvgIpc) is 1.69. The van der Waals surface area contributed by atoms with Gasteiger partial charge in [0.2, 0.25) is 5.91 Å². The van der Waals surface area contributed by atoms with Crippen LogP contribution < -0.4 is 86.4 Å².